The SMILES string of the molecule is Cc1ccc(OCCCC#N)cc1C. The van der Waals surface area contributed by atoms with Crippen molar-refractivity contribution in [3.63, 3.8) is 0 Å². The Labute approximate surface area is 85.1 Å². The third kappa shape index (κ3) is 3.10. The van der Waals surface area contributed by atoms with Crippen molar-refractivity contribution >= 4 is 0 Å². The van der Waals surface area contributed by atoms with Crippen LogP contribution in [0.1, 0.15) is 24.0 Å². The molecule has 0 aliphatic heterocycles. The molecule has 1 rings (SSSR count). The molecule has 0 unspecified atom stereocenters. The van der Waals surface area contributed by atoms with Gasteiger partial charge in [-0.05, 0) is 43.5 Å². The Balaban J connectivity index is 2.44. The predicted molar refractivity (Wildman–Crippen MR) is 56.3 cm³/mol. The summed E-state index contributed by atoms with van der Waals surface area (Å²) in [5.74, 6) is 0.894. The fourth-order valence-corrected chi connectivity index (χ4v) is 1.14. The van der Waals surface area contributed by atoms with E-state index in [9.17, 15) is 0 Å². The molecular weight excluding hydrogens is 174 g/mol. The normalized spacial score (nSPS) is 9.50. The summed E-state index contributed by atoms with van der Waals surface area (Å²) in [6.45, 7) is 4.77. The third-order valence-corrected chi connectivity index (χ3v) is 2.18. The van der Waals surface area contributed by atoms with Crippen LogP contribution in [0.25, 0.3) is 0 Å². The molecule has 0 fully saturated rings. The molecule has 0 heterocycles. The van der Waals surface area contributed by atoms with E-state index >= 15 is 0 Å². The number of nitrogens with zero attached hydrogens (tertiary/aromatic N) is 1. The molecule has 0 aromatic heterocycles. The monoisotopic (exact) mass is 189 g/mol. The first kappa shape index (κ1) is 10.6. The smallest absolute Gasteiger partial charge is 0.119 e. The van der Waals surface area contributed by atoms with Crippen LogP contribution in [0.3, 0.4) is 0 Å². The van der Waals surface area contributed by atoms with Gasteiger partial charge in [-0.1, -0.05) is 6.07 Å². The average Bonchev–Trinajstić information content (AvgIpc) is 2.18. The maximum atomic E-state index is 8.34. The van der Waals surface area contributed by atoms with Gasteiger partial charge in [0.15, 0.2) is 0 Å². The molecular formula is C12H15NO. The second-order valence-electron chi connectivity index (χ2n) is 3.36. The van der Waals surface area contributed by atoms with Crippen molar-refractivity contribution < 1.29 is 4.74 Å². The summed E-state index contributed by atoms with van der Waals surface area (Å²) >= 11 is 0. The van der Waals surface area contributed by atoms with Crippen LogP contribution < -0.4 is 4.74 Å². The predicted octanol–water partition coefficient (Wildman–Crippen LogP) is 2.99. The zero-order valence-electron chi connectivity index (χ0n) is 8.71. The highest BCUT2D eigenvalue weighted by Gasteiger charge is 1.96. The molecule has 0 spiro atoms. The topological polar surface area (TPSA) is 33.0 Å². The van der Waals surface area contributed by atoms with Gasteiger partial charge in [0.2, 0.25) is 0 Å². The Hall–Kier alpha value is -1.49. The van der Waals surface area contributed by atoms with Crippen molar-refractivity contribution in [3.05, 3.63) is 29.3 Å². The largest absolute Gasteiger partial charge is 0.494 e. The summed E-state index contributed by atoms with van der Waals surface area (Å²) in [6, 6.07) is 8.14. The Morgan fingerprint density at radius 2 is 2.07 bits per heavy atom. The van der Waals surface area contributed by atoms with Gasteiger partial charge in [-0.2, -0.15) is 5.26 Å². The van der Waals surface area contributed by atoms with Crippen molar-refractivity contribution in [2.45, 2.75) is 26.7 Å². The maximum Gasteiger partial charge on any atom is 0.119 e. The molecule has 14 heavy (non-hydrogen) atoms. The van der Waals surface area contributed by atoms with E-state index in [0.29, 0.717) is 13.0 Å². The van der Waals surface area contributed by atoms with Crippen molar-refractivity contribution in [1.82, 2.24) is 0 Å². The molecule has 0 N–H and O–H groups in total. The molecule has 0 aliphatic carbocycles. The van der Waals surface area contributed by atoms with Crippen molar-refractivity contribution in [1.29, 1.82) is 5.26 Å². The summed E-state index contributed by atoms with van der Waals surface area (Å²) in [6.07, 6.45) is 1.36. The van der Waals surface area contributed by atoms with Crippen LogP contribution in [0.2, 0.25) is 0 Å². The summed E-state index contributed by atoms with van der Waals surface area (Å²) in [5.41, 5.74) is 2.51. The first-order chi connectivity index (χ1) is 6.74. The van der Waals surface area contributed by atoms with Crippen molar-refractivity contribution in [3.8, 4) is 11.8 Å². The van der Waals surface area contributed by atoms with E-state index in [-0.39, 0.29) is 0 Å². The van der Waals surface area contributed by atoms with Gasteiger partial charge in [-0.25, -0.2) is 0 Å². The van der Waals surface area contributed by atoms with E-state index in [4.69, 9.17) is 10.00 Å². The van der Waals surface area contributed by atoms with Gasteiger partial charge in [-0.15, -0.1) is 0 Å². The highest BCUT2D eigenvalue weighted by atomic mass is 16.5. The second kappa shape index (κ2) is 5.29. The lowest BCUT2D eigenvalue weighted by Gasteiger charge is -2.06. The first-order valence-electron chi connectivity index (χ1n) is 4.81. The molecule has 0 radical (unpaired) electrons. The fraction of sp³-hybridized carbons (Fsp3) is 0.417. The third-order valence-electron chi connectivity index (χ3n) is 2.18. The standard InChI is InChI=1S/C12H15NO/c1-10-5-6-12(9-11(10)2)14-8-4-3-7-13/h5-6,9H,3-4,8H2,1-2H3. The highest BCUT2D eigenvalue weighted by molar-refractivity contribution is 5.33. The summed E-state index contributed by atoms with van der Waals surface area (Å²) < 4.78 is 5.49. The fourth-order valence-electron chi connectivity index (χ4n) is 1.14. The van der Waals surface area contributed by atoms with Gasteiger partial charge in [-0.3, -0.25) is 0 Å². The molecule has 0 atom stereocenters. The van der Waals surface area contributed by atoms with Crippen LogP contribution in [0.15, 0.2) is 18.2 Å². The molecule has 0 amide bonds. The summed E-state index contributed by atoms with van der Waals surface area (Å²) in [7, 11) is 0. The maximum absolute atomic E-state index is 8.34. The summed E-state index contributed by atoms with van der Waals surface area (Å²) in [5, 5.41) is 8.34. The number of rotatable bonds is 4. The minimum atomic E-state index is 0.560. The molecule has 0 bridgehead atoms. The Bertz CT molecular complexity index is 339. The average molecular weight is 189 g/mol. The van der Waals surface area contributed by atoms with Crippen LogP contribution in [0, 0.1) is 25.2 Å². The Morgan fingerprint density at radius 1 is 1.29 bits per heavy atom. The minimum absolute atomic E-state index is 0.560. The van der Waals surface area contributed by atoms with Crippen molar-refractivity contribution in [2.75, 3.05) is 6.61 Å². The molecule has 1 aromatic carbocycles. The highest BCUT2D eigenvalue weighted by Crippen LogP contribution is 2.16. The number of unbranched alkanes of at least 4 members (excludes halogenated alkanes) is 1. The molecule has 74 valence electrons. The number of nitriles is 1. The number of ether oxygens (including phenoxy) is 1. The van der Waals surface area contributed by atoms with E-state index in [1.54, 1.807) is 0 Å². The lowest BCUT2D eigenvalue weighted by atomic mass is 10.1. The quantitative estimate of drug-likeness (QED) is 0.682. The van der Waals surface area contributed by atoms with Gasteiger partial charge >= 0.3 is 0 Å². The van der Waals surface area contributed by atoms with Crippen LogP contribution in [-0.2, 0) is 0 Å². The van der Waals surface area contributed by atoms with Gasteiger partial charge in [0, 0.05) is 6.42 Å². The van der Waals surface area contributed by atoms with E-state index in [1.807, 2.05) is 12.1 Å². The van der Waals surface area contributed by atoms with E-state index in [0.717, 1.165) is 12.2 Å². The first-order valence-corrected chi connectivity index (χ1v) is 4.81. The van der Waals surface area contributed by atoms with E-state index in [2.05, 4.69) is 26.0 Å². The molecule has 2 nitrogen and oxygen atoms in total. The molecule has 1 aromatic rings. The lowest BCUT2D eigenvalue weighted by molar-refractivity contribution is 0.312. The van der Waals surface area contributed by atoms with Gasteiger partial charge in [0.05, 0.1) is 12.7 Å². The van der Waals surface area contributed by atoms with E-state index < -0.39 is 0 Å². The van der Waals surface area contributed by atoms with E-state index in [1.165, 1.54) is 11.1 Å². The zero-order chi connectivity index (χ0) is 10.4. The minimum Gasteiger partial charge on any atom is -0.494 e. The molecule has 0 saturated heterocycles. The van der Waals surface area contributed by atoms with Gasteiger partial charge < -0.3 is 4.74 Å². The van der Waals surface area contributed by atoms with Crippen LogP contribution >= 0.6 is 0 Å². The molecule has 2 heteroatoms. The number of hydrogen-bond acceptors (Lipinski definition) is 2. The second-order valence-corrected chi connectivity index (χ2v) is 3.36. The zero-order valence-corrected chi connectivity index (χ0v) is 8.71. The summed E-state index contributed by atoms with van der Waals surface area (Å²) in [4.78, 5) is 0. The van der Waals surface area contributed by atoms with Crippen LogP contribution in [0.5, 0.6) is 5.75 Å². The molecule has 0 aliphatic rings. The molecule has 0 saturated carbocycles. The van der Waals surface area contributed by atoms with Gasteiger partial charge in [0.25, 0.3) is 0 Å². The number of benzene rings is 1. The lowest BCUT2D eigenvalue weighted by Crippen LogP contribution is -1.97. The Kier molecular flexibility index (Phi) is 4.00. The van der Waals surface area contributed by atoms with Crippen LogP contribution in [-0.4, -0.2) is 6.61 Å². The van der Waals surface area contributed by atoms with Crippen molar-refractivity contribution in [2.24, 2.45) is 0 Å². The number of hydrogen-bond donors (Lipinski definition) is 0. The Morgan fingerprint density at radius 3 is 2.71 bits per heavy atom. The van der Waals surface area contributed by atoms with Crippen LogP contribution in [0.4, 0.5) is 0 Å². The number of aryl methyl sites for hydroxylation is 2. The van der Waals surface area contributed by atoms with Gasteiger partial charge in [0.1, 0.15) is 5.75 Å².